The number of nitriles is 1. The quantitative estimate of drug-likeness (QED) is 0.422. The van der Waals surface area contributed by atoms with Gasteiger partial charge in [0.1, 0.15) is 0 Å². The van der Waals surface area contributed by atoms with Gasteiger partial charge in [-0.1, -0.05) is 12.1 Å². The standard InChI is InChI=1S/C23H27FN8O/c1-17-6-7-19(14-26-17)28-22(33)29-20-5-2-4-18(21(20)24)15-30-10-12-32(13-11-30)23(27-16-25)31-8-3-9-31/h2,4-7,14H,3,8-13,15H2,1H3,(H2,28,29,33)/b27-23-. The summed E-state index contributed by atoms with van der Waals surface area (Å²) in [6.07, 6.45) is 4.58. The fourth-order valence-electron chi connectivity index (χ4n) is 3.87. The third kappa shape index (κ3) is 5.56. The maximum atomic E-state index is 15.1. The minimum atomic E-state index is -0.527. The van der Waals surface area contributed by atoms with Gasteiger partial charge in [0.2, 0.25) is 12.2 Å². The van der Waals surface area contributed by atoms with Crippen molar-refractivity contribution in [3.05, 3.63) is 53.6 Å². The molecule has 9 nitrogen and oxygen atoms in total. The molecule has 0 spiro atoms. The van der Waals surface area contributed by atoms with Crippen LogP contribution in [-0.4, -0.2) is 70.9 Å². The fourth-order valence-corrected chi connectivity index (χ4v) is 3.87. The number of aromatic nitrogens is 1. The number of rotatable bonds is 4. The van der Waals surface area contributed by atoms with Gasteiger partial charge in [-0.3, -0.25) is 9.88 Å². The van der Waals surface area contributed by atoms with E-state index in [2.05, 4.69) is 35.3 Å². The molecule has 1 aromatic carbocycles. The third-order valence-corrected chi connectivity index (χ3v) is 5.83. The van der Waals surface area contributed by atoms with Gasteiger partial charge in [-0.2, -0.15) is 5.26 Å². The van der Waals surface area contributed by atoms with Crippen LogP contribution in [0.4, 0.5) is 20.6 Å². The smallest absolute Gasteiger partial charge is 0.323 e. The van der Waals surface area contributed by atoms with Crippen molar-refractivity contribution in [3.8, 4) is 6.19 Å². The number of guanidine groups is 1. The Kier molecular flexibility index (Phi) is 7.00. The largest absolute Gasteiger partial charge is 0.342 e. The molecule has 4 rings (SSSR count). The lowest BCUT2D eigenvalue weighted by atomic mass is 10.1. The summed E-state index contributed by atoms with van der Waals surface area (Å²) in [7, 11) is 0. The number of carbonyl (C=O) groups excluding carboxylic acids is 1. The van der Waals surface area contributed by atoms with Crippen molar-refractivity contribution in [1.29, 1.82) is 5.26 Å². The molecule has 0 bridgehead atoms. The number of nitrogens with zero attached hydrogens (tertiary/aromatic N) is 6. The monoisotopic (exact) mass is 450 g/mol. The van der Waals surface area contributed by atoms with E-state index in [1.54, 1.807) is 36.5 Å². The number of hydrogen-bond donors (Lipinski definition) is 2. The highest BCUT2D eigenvalue weighted by molar-refractivity contribution is 5.99. The van der Waals surface area contributed by atoms with E-state index >= 15 is 4.39 Å². The van der Waals surface area contributed by atoms with Crippen LogP contribution < -0.4 is 10.6 Å². The van der Waals surface area contributed by atoms with E-state index in [9.17, 15) is 4.79 Å². The highest BCUT2D eigenvalue weighted by Gasteiger charge is 2.27. The number of pyridine rings is 1. The zero-order valence-electron chi connectivity index (χ0n) is 18.6. The summed E-state index contributed by atoms with van der Waals surface area (Å²) < 4.78 is 15.1. The average molecular weight is 451 g/mol. The lowest BCUT2D eigenvalue weighted by Gasteiger charge is -2.42. The lowest BCUT2D eigenvalue weighted by Crippen LogP contribution is -2.56. The number of urea groups is 1. The van der Waals surface area contributed by atoms with Crippen LogP contribution in [0.2, 0.25) is 0 Å². The molecule has 2 aliphatic rings. The topological polar surface area (TPSA) is 99.9 Å². The molecule has 3 heterocycles. The second-order valence-electron chi connectivity index (χ2n) is 8.16. The van der Waals surface area contributed by atoms with Crippen molar-refractivity contribution in [1.82, 2.24) is 19.7 Å². The highest BCUT2D eigenvalue weighted by atomic mass is 19.1. The first kappa shape index (κ1) is 22.5. The Morgan fingerprint density at radius 1 is 1.12 bits per heavy atom. The highest BCUT2D eigenvalue weighted by Crippen LogP contribution is 2.21. The Balaban J connectivity index is 1.33. The number of aryl methyl sites for hydroxylation is 1. The van der Waals surface area contributed by atoms with Gasteiger partial charge >= 0.3 is 6.03 Å². The number of nitrogens with one attached hydrogen (secondary N) is 2. The zero-order valence-corrected chi connectivity index (χ0v) is 18.6. The van der Waals surface area contributed by atoms with Crippen LogP contribution in [0, 0.1) is 24.2 Å². The molecule has 10 heteroatoms. The molecule has 2 aromatic rings. The fraction of sp³-hybridized carbons (Fsp3) is 0.391. The van der Waals surface area contributed by atoms with E-state index in [0.29, 0.717) is 17.8 Å². The predicted octanol–water partition coefficient (Wildman–Crippen LogP) is 2.83. The molecule has 33 heavy (non-hydrogen) atoms. The number of piperazine rings is 1. The number of anilines is 2. The van der Waals surface area contributed by atoms with Crippen molar-refractivity contribution in [2.75, 3.05) is 49.9 Å². The minimum Gasteiger partial charge on any atom is -0.342 e. The van der Waals surface area contributed by atoms with Gasteiger partial charge < -0.3 is 20.4 Å². The van der Waals surface area contributed by atoms with Gasteiger partial charge in [0.25, 0.3) is 0 Å². The maximum absolute atomic E-state index is 15.1. The van der Waals surface area contributed by atoms with Crippen molar-refractivity contribution in [3.63, 3.8) is 0 Å². The summed E-state index contributed by atoms with van der Waals surface area (Å²) in [4.78, 5) is 26.8. The van der Waals surface area contributed by atoms with Gasteiger partial charge in [-0.05, 0) is 31.5 Å². The summed E-state index contributed by atoms with van der Waals surface area (Å²) in [6.45, 7) is 7.07. The van der Waals surface area contributed by atoms with Gasteiger partial charge in [-0.25, -0.2) is 9.18 Å². The Morgan fingerprint density at radius 3 is 2.52 bits per heavy atom. The first-order valence-corrected chi connectivity index (χ1v) is 11.0. The molecule has 2 aliphatic heterocycles. The molecular weight excluding hydrogens is 423 g/mol. The molecule has 0 unspecified atom stereocenters. The minimum absolute atomic E-state index is 0.130. The molecule has 172 valence electrons. The number of likely N-dealkylation sites (tertiary alicyclic amines) is 1. The predicted molar refractivity (Wildman–Crippen MR) is 124 cm³/mol. The van der Waals surface area contributed by atoms with Gasteiger partial charge in [0, 0.05) is 57.1 Å². The normalized spacial score (nSPS) is 16.7. The Morgan fingerprint density at radius 2 is 1.88 bits per heavy atom. The van der Waals surface area contributed by atoms with Crippen molar-refractivity contribution in [2.45, 2.75) is 19.9 Å². The maximum Gasteiger partial charge on any atom is 0.323 e. The van der Waals surface area contributed by atoms with E-state index in [1.807, 2.05) is 13.1 Å². The van der Waals surface area contributed by atoms with Crippen LogP contribution >= 0.6 is 0 Å². The van der Waals surface area contributed by atoms with Gasteiger partial charge in [0.05, 0.1) is 17.6 Å². The van der Waals surface area contributed by atoms with Crippen LogP contribution in [0.5, 0.6) is 0 Å². The molecule has 2 saturated heterocycles. The number of hydrogen-bond acceptors (Lipinski definition) is 5. The average Bonchev–Trinajstić information content (AvgIpc) is 2.77. The third-order valence-electron chi connectivity index (χ3n) is 5.83. The second-order valence-corrected chi connectivity index (χ2v) is 8.16. The van der Waals surface area contributed by atoms with Crippen LogP contribution in [-0.2, 0) is 6.54 Å². The molecule has 0 aliphatic carbocycles. The first-order chi connectivity index (χ1) is 16.0. The molecule has 0 radical (unpaired) electrons. The molecule has 1 aromatic heterocycles. The van der Waals surface area contributed by atoms with Crippen molar-refractivity contribution >= 4 is 23.4 Å². The number of amides is 2. The van der Waals surface area contributed by atoms with E-state index < -0.39 is 11.8 Å². The van der Waals surface area contributed by atoms with Crippen LogP contribution in [0.15, 0.2) is 41.5 Å². The Labute approximate surface area is 192 Å². The van der Waals surface area contributed by atoms with Gasteiger partial charge in [0.15, 0.2) is 5.82 Å². The van der Waals surface area contributed by atoms with Crippen LogP contribution in [0.25, 0.3) is 0 Å². The summed E-state index contributed by atoms with van der Waals surface area (Å²) >= 11 is 0. The zero-order chi connectivity index (χ0) is 23.2. The van der Waals surface area contributed by atoms with Crippen LogP contribution in [0.1, 0.15) is 17.7 Å². The van der Waals surface area contributed by atoms with Gasteiger partial charge in [-0.15, -0.1) is 4.99 Å². The molecular formula is C23H27FN8O. The van der Waals surface area contributed by atoms with E-state index in [0.717, 1.165) is 57.3 Å². The summed E-state index contributed by atoms with van der Waals surface area (Å²) in [5.74, 6) is 0.306. The molecule has 0 atom stereocenters. The SMILES string of the molecule is Cc1ccc(NC(=O)Nc2cccc(CN3CCN(/C(=N\C#N)N4CCC4)CC3)c2F)cn1. The lowest BCUT2D eigenvalue weighted by molar-refractivity contribution is 0.152. The van der Waals surface area contributed by atoms with E-state index in [-0.39, 0.29) is 5.69 Å². The molecule has 2 N–H and O–H groups in total. The van der Waals surface area contributed by atoms with Crippen LogP contribution in [0.3, 0.4) is 0 Å². The van der Waals surface area contributed by atoms with E-state index in [1.165, 1.54) is 0 Å². The molecule has 0 saturated carbocycles. The number of carbonyl (C=O) groups is 1. The number of benzene rings is 1. The second kappa shape index (κ2) is 10.3. The van der Waals surface area contributed by atoms with E-state index in [4.69, 9.17) is 5.26 Å². The number of halogens is 1. The Bertz CT molecular complexity index is 1050. The van der Waals surface area contributed by atoms with Crippen molar-refractivity contribution in [2.24, 2.45) is 4.99 Å². The Hall–Kier alpha value is -3.71. The summed E-state index contributed by atoms with van der Waals surface area (Å²) in [5, 5.41) is 14.3. The summed E-state index contributed by atoms with van der Waals surface area (Å²) in [6, 6.07) is 8.01. The number of aliphatic imine (C=N–C) groups is 1. The summed E-state index contributed by atoms with van der Waals surface area (Å²) in [5.41, 5.74) is 2.02. The molecule has 2 amide bonds. The van der Waals surface area contributed by atoms with Crippen molar-refractivity contribution < 1.29 is 9.18 Å². The first-order valence-electron chi connectivity index (χ1n) is 11.0. The molecule has 2 fully saturated rings.